The fourth-order valence-electron chi connectivity index (χ4n) is 3.40. The van der Waals surface area contributed by atoms with Gasteiger partial charge in [-0.2, -0.15) is 0 Å². The number of nitrogens with one attached hydrogen (secondary N) is 2. The van der Waals surface area contributed by atoms with Gasteiger partial charge in [-0.1, -0.05) is 6.42 Å². The van der Waals surface area contributed by atoms with E-state index in [0.29, 0.717) is 5.82 Å². The number of hydrogen-bond acceptors (Lipinski definition) is 5. The van der Waals surface area contributed by atoms with E-state index >= 15 is 0 Å². The minimum atomic E-state index is 0.649. The van der Waals surface area contributed by atoms with Crippen LogP contribution in [0.2, 0.25) is 0 Å². The van der Waals surface area contributed by atoms with Gasteiger partial charge >= 0.3 is 0 Å². The molecule has 0 radical (unpaired) electrons. The highest BCUT2D eigenvalue weighted by molar-refractivity contribution is 5.45. The van der Waals surface area contributed by atoms with Crippen LogP contribution in [-0.2, 0) is 0 Å². The van der Waals surface area contributed by atoms with E-state index in [1.54, 1.807) is 0 Å². The van der Waals surface area contributed by atoms with Gasteiger partial charge in [-0.25, -0.2) is 15.8 Å². The maximum atomic E-state index is 5.32. The molecular formula is C12H19N5. The van der Waals surface area contributed by atoms with Gasteiger partial charge in [0.2, 0.25) is 0 Å². The van der Waals surface area contributed by atoms with Crippen LogP contribution in [0.25, 0.3) is 0 Å². The van der Waals surface area contributed by atoms with Crippen LogP contribution < -0.4 is 16.6 Å². The fraction of sp³-hybridized carbons (Fsp3) is 0.667. The van der Waals surface area contributed by atoms with Crippen molar-refractivity contribution in [3.8, 4) is 0 Å². The Morgan fingerprint density at radius 3 is 2.82 bits per heavy atom. The molecule has 0 amide bonds. The van der Waals surface area contributed by atoms with Crippen molar-refractivity contribution >= 4 is 11.6 Å². The number of nitrogens with two attached hydrogens (primary N) is 1. The molecule has 17 heavy (non-hydrogen) atoms. The zero-order valence-electron chi connectivity index (χ0n) is 9.89. The molecule has 3 atom stereocenters. The van der Waals surface area contributed by atoms with Crippen LogP contribution >= 0.6 is 0 Å². The first-order chi connectivity index (χ1) is 8.35. The molecule has 1 heterocycles. The maximum Gasteiger partial charge on any atom is 0.145 e. The standard InChI is InChI=1S/C12H19N5/c13-17-12-5-11(15-7-16-12)14-6-10-4-8-1-2-9(10)3-8/h5,7-10H,1-4,6,13H2,(H2,14,15,16,17). The lowest BCUT2D eigenvalue weighted by Gasteiger charge is -2.22. The summed E-state index contributed by atoms with van der Waals surface area (Å²) in [7, 11) is 0. The van der Waals surface area contributed by atoms with Gasteiger partial charge in [0.05, 0.1) is 0 Å². The molecule has 5 nitrogen and oxygen atoms in total. The van der Waals surface area contributed by atoms with E-state index in [0.717, 1.165) is 30.1 Å². The molecule has 2 bridgehead atoms. The third-order valence-corrected chi connectivity index (χ3v) is 4.24. The first-order valence-electron chi connectivity index (χ1n) is 6.37. The van der Waals surface area contributed by atoms with E-state index < -0.39 is 0 Å². The topological polar surface area (TPSA) is 75.9 Å². The van der Waals surface area contributed by atoms with Gasteiger partial charge in [0, 0.05) is 12.6 Å². The van der Waals surface area contributed by atoms with Crippen molar-refractivity contribution in [2.75, 3.05) is 17.3 Å². The molecule has 1 aromatic heterocycles. The molecule has 0 aromatic carbocycles. The molecule has 2 aliphatic rings. The van der Waals surface area contributed by atoms with Gasteiger partial charge < -0.3 is 10.7 Å². The summed E-state index contributed by atoms with van der Waals surface area (Å²) in [6.07, 6.45) is 7.25. The number of aromatic nitrogens is 2. The fourth-order valence-corrected chi connectivity index (χ4v) is 3.40. The summed E-state index contributed by atoms with van der Waals surface area (Å²) in [4.78, 5) is 8.18. The van der Waals surface area contributed by atoms with Crippen molar-refractivity contribution in [2.45, 2.75) is 25.7 Å². The van der Waals surface area contributed by atoms with E-state index in [9.17, 15) is 0 Å². The largest absolute Gasteiger partial charge is 0.370 e. The minimum absolute atomic E-state index is 0.649. The smallest absolute Gasteiger partial charge is 0.145 e. The Bertz CT molecular complexity index is 394. The van der Waals surface area contributed by atoms with Gasteiger partial charge in [-0.3, -0.25) is 0 Å². The van der Waals surface area contributed by atoms with Crippen LogP contribution in [0.1, 0.15) is 25.7 Å². The van der Waals surface area contributed by atoms with Crippen LogP contribution in [0.15, 0.2) is 12.4 Å². The Morgan fingerprint density at radius 1 is 1.24 bits per heavy atom. The first kappa shape index (κ1) is 10.8. The van der Waals surface area contributed by atoms with Gasteiger partial charge in [-0.05, 0) is 37.0 Å². The Labute approximate surface area is 101 Å². The molecule has 2 aliphatic carbocycles. The third-order valence-electron chi connectivity index (χ3n) is 4.24. The highest BCUT2D eigenvalue weighted by Crippen LogP contribution is 2.48. The van der Waals surface area contributed by atoms with Crippen molar-refractivity contribution in [2.24, 2.45) is 23.6 Å². The van der Waals surface area contributed by atoms with Crippen LogP contribution in [0, 0.1) is 17.8 Å². The highest BCUT2D eigenvalue weighted by atomic mass is 15.3. The second kappa shape index (κ2) is 4.49. The van der Waals surface area contributed by atoms with Crippen LogP contribution in [-0.4, -0.2) is 16.5 Å². The number of rotatable bonds is 4. The predicted octanol–water partition coefficient (Wildman–Crippen LogP) is 1.61. The Morgan fingerprint density at radius 2 is 2.12 bits per heavy atom. The van der Waals surface area contributed by atoms with Crippen LogP contribution in [0.4, 0.5) is 11.6 Å². The van der Waals surface area contributed by atoms with E-state index in [4.69, 9.17) is 5.84 Å². The molecule has 4 N–H and O–H groups in total. The molecule has 0 saturated heterocycles. The summed E-state index contributed by atoms with van der Waals surface area (Å²) >= 11 is 0. The average molecular weight is 233 g/mol. The normalized spacial score (nSPS) is 30.5. The van der Waals surface area contributed by atoms with E-state index in [1.807, 2.05) is 6.07 Å². The van der Waals surface area contributed by atoms with Crippen molar-refractivity contribution in [1.82, 2.24) is 9.97 Å². The quantitative estimate of drug-likeness (QED) is 0.544. The lowest BCUT2D eigenvalue weighted by molar-refractivity contribution is 0.348. The summed E-state index contributed by atoms with van der Waals surface area (Å²) in [6.45, 7) is 1.03. The second-order valence-corrected chi connectivity index (χ2v) is 5.25. The minimum Gasteiger partial charge on any atom is -0.370 e. The van der Waals surface area contributed by atoms with Crippen molar-refractivity contribution in [3.05, 3.63) is 12.4 Å². The van der Waals surface area contributed by atoms with Crippen molar-refractivity contribution < 1.29 is 0 Å². The lowest BCUT2D eigenvalue weighted by Crippen LogP contribution is -2.20. The number of anilines is 2. The number of nitrogens with zero attached hydrogens (tertiary/aromatic N) is 2. The molecule has 92 valence electrons. The maximum absolute atomic E-state index is 5.32. The molecule has 2 saturated carbocycles. The molecular weight excluding hydrogens is 214 g/mol. The van der Waals surface area contributed by atoms with E-state index in [2.05, 4.69) is 20.7 Å². The number of fused-ring (bicyclic) bond motifs is 2. The van der Waals surface area contributed by atoms with Crippen molar-refractivity contribution in [3.63, 3.8) is 0 Å². The summed E-state index contributed by atoms with van der Waals surface area (Å²) in [5.74, 6) is 9.60. The van der Waals surface area contributed by atoms with E-state index in [1.165, 1.54) is 32.0 Å². The molecule has 3 unspecified atom stereocenters. The monoisotopic (exact) mass is 233 g/mol. The van der Waals surface area contributed by atoms with Gasteiger partial charge in [-0.15, -0.1) is 0 Å². The van der Waals surface area contributed by atoms with Crippen LogP contribution in [0.5, 0.6) is 0 Å². The summed E-state index contributed by atoms with van der Waals surface area (Å²) in [6, 6.07) is 1.84. The number of hydrogen-bond donors (Lipinski definition) is 3. The molecule has 0 aliphatic heterocycles. The lowest BCUT2D eigenvalue weighted by atomic mass is 9.89. The summed E-state index contributed by atoms with van der Waals surface area (Å²) in [5.41, 5.74) is 2.53. The Kier molecular flexibility index (Phi) is 2.84. The Hall–Kier alpha value is -1.36. The molecule has 3 rings (SSSR count). The molecule has 5 heteroatoms. The number of nitrogen functional groups attached to an aromatic ring is 1. The van der Waals surface area contributed by atoms with Crippen molar-refractivity contribution in [1.29, 1.82) is 0 Å². The highest BCUT2D eigenvalue weighted by Gasteiger charge is 2.39. The Balaban J connectivity index is 1.56. The molecule has 2 fully saturated rings. The van der Waals surface area contributed by atoms with E-state index in [-0.39, 0.29) is 0 Å². The predicted molar refractivity (Wildman–Crippen MR) is 67.3 cm³/mol. The third kappa shape index (κ3) is 2.20. The van der Waals surface area contributed by atoms with Gasteiger partial charge in [0.15, 0.2) is 0 Å². The first-order valence-corrected chi connectivity index (χ1v) is 6.37. The zero-order chi connectivity index (χ0) is 11.7. The van der Waals surface area contributed by atoms with Gasteiger partial charge in [0.1, 0.15) is 18.0 Å². The summed E-state index contributed by atoms with van der Waals surface area (Å²) in [5, 5.41) is 3.40. The molecule has 0 spiro atoms. The summed E-state index contributed by atoms with van der Waals surface area (Å²) < 4.78 is 0. The molecule has 1 aromatic rings. The average Bonchev–Trinajstić information content (AvgIpc) is 2.99. The number of hydrazine groups is 1. The SMILES string of the molecule is NNc1cc(NCC2CC3CCC2C3)ncn1. The second-order valence-electron chi connectivity index (χ2n) is 5.25. The zero-order valence-corrected chi connectivity index (χ0v) is 9.89. The van der Waals surface area contributed by atoms with Crippen LogP contribution in [0.3, 0.4) is 0 Å². The van der Waals surface area contributed by atoms with Gasteiger partial charge in [0.25, 0.3) is 0 Å².